The van der Waals surface area contributed by atoms with Gasteiger partial charge in [-0.1, -0.05) is 10.3 Å². The molecule has 1 saturated heterocycles. The van der Waals surface area contributed by atoms with Crippen molar-refractivity contribution in [2.45, 2.75) is 38.3 Å². The summed E-state index contributed by atoms with van der Waals surface area (Å²) in [5.74, 6) is 0. The Morgan fingerprint density at radius 2 is 1.95 bits per heavy atom. The van der Waals surface area contributed by atoms with Crippen molar-refractivity contribution in [3.8, 4) is 0 Å². The third-order valence-corrected chi connectivity index (χ3v) is 8.54. The molecule has 3 heterocycles. The zero-order valence-electron chi connectivity index (χ0n) is 18.4. The molecule has 5 N–H and O–H groups in total. The summed E-state index contributed by atoms with van der Waals surface area (Å²) in [5.41, 5.74) is 7.58. The molecule has 0 aromatic carbocycles. The first-order valence-corrected chi connectivity index (χ1v) is 14.3. The van der Waals surface area contributed by atoms with Gasteiger partial charge in [-0.05, 0) is 12.5 Å². The van der Waals surface area contributed by atoms with E-state index in [9.17, 15) is 33.1 Å². The molecule has 0 spiro atoms. The van der Waals surface area contributed by atoms with Crippen molar-refractivity contribution < 1.29 is 51.2 Å². The minimum Gasteiger partial charge on any atom is -0.350 e. The topological polar surface area (TPSA) is 303 Å². The summed E-state index contributed by atoms with van der Waals surface area (Å²) in [6.07, 6.45) is 0.107. The number of H-pyrrole nitrogens is 1. The maximum Gasteiger partial charge on any atom is 0.490 e. The standard InChI is InChI=1S/C13H19N8O13P3/c1-7-5-20(13(23)17-12(7)22)11-2-9(21-8(3-15-18-14)4-16-19-21)10(32-11)6-31-36(27,28)34-37(29,30)33-35(24,25)26/h4-5,9-11H,2-3,6H2,1H3,(H,27,28)(H,29,30)(H,17,22,23)(H2,24,25,26)/t9-,10+,11+/m0/s1. The SMILES string of the molecule is Cc1cn([C@H]2C[C@H](n3nncc3CN=[N+]=[N-])[C@@H](COP(=O)(O)OP(=O)(O)OP(=O)(O)O)O2)c(=O)[nH]c1=O. The molecule has 1 fully saturated rings. The average molecular weight is 588 g/mol. The Kier molecular flexibility index (Phi) is 8.71. The van der Waals surface area contributed by atoms with Crippen molar-refractivity contribution in [1.82, 2.24) is 24.5 Å². The molecule has 37 heavy (non-hydrogen) atoms. The maximum absolute atomic E-state index is 12.3. The molecule has 0 saturated carbocycles. The molecule has 1 aliphatic heterocycles. The Morgan fingerprint density at radius 1 is 1.24 bits per heavy atom. The van der Waals surface area contributed by atoms with Crippen LogP contribution in [-0.4, -0.2) is 56.8 Å². The summed E-state index contributed by atoms with van der Waals surface area (Å²) in [6.45, 7) is 0.372. The van der Waals surface area contributed by atoms with E-state index in [1.165, 1.54) is 24.0 Å². The van der Waals surface area contributed by atoms with E-state index in [1.54, 1.807) is 0 Å². The number of hydrogen-bond donors (Lipinski definition) is 5. The lowest BCUT2D eigenvalue weighted by Gasteiger charge is -2.21. The van der Waals surface area contributed by atoms with E-state index in [1.807, 2.05) is 0 Å². The van der Waals surface area contributed by atoms with Crippen molar-refractivity contribution in [1.29, 1.82) is 0 Å². The first-order valence-electron chi connectivity index (χ1n) is 9.76. The molecule has 21 nitrogen and oxygen atoms in total. The van der Waals surface area contributed by atoms with Crippen molar-refractivity contribution >= 4 is 23.5 Å². The van der Waals surface area contributed by atoms with E-state index < -0.39 is 59.7 Å². The number of phosphoric ester groups is 1. The minimum absolute atomic E-state index is 0.0531. The molecule has 24 heteroatoms. The molecule has 2 unspecified atom stereocenters. The Morgan fingerprint density at radius 3 is 2.59 bits per heavy atom. The van der Waals surface area contributed by atoms with Crippen LogP contribution in [0, 0.1) is 6.92 Å². The van der Waals surface area contributed by atoms with Crippen LogP contribution in [0.1, 0.15) is 29.9 Å². The molecule has 0 aliphatic carbocycles. The molecular formula is C13H19N8O13P3. The van der Waals surface area contributed by atoms with Gasteiger partial charge in [0.05, 0.1) is 31.1 Å². The number of aromatic amines is 1. The van der Waals surface area contributed by atoms with Gasteiger partial charge in [0.15, 0.2) is 0 Å². The smallest absolute Gasteiger partial charge is 0.350 e. The number of rotatable bonds is 11. The van der Waals surface area contributed by atoms with Crippen LogP contribution in [0.25, 0.3) is 10.4 Å². The van der Waals surface area contributed by atoms with E-state index in [2.05, 4.69) is 38.5 Å². The van der Waals surface area contributed by atoms with Gasteiger partial charge in [-0.2, -0.15) is 8.62 Å². The van der Waals surface area contributed by atoms with Gasteiger partial charge < -0.3 is 24.3 Å². The minimum atomic E-state index is -5.75. The molecule has 2 aromatic rings. The summed E-state index contributed by atoms with van der Waals surface area (Å²) < 4.78 is 54.6. The molecule has 0 amide bonds. The number of aryl methyl sites for hydroxylation is 1. The van der Waals surface area contributed by atoms with Gasteiger partial charge >= 0.3 is 29.2 Å². The number of nitrogens with one attached hydrogen (secondary N) is 1. The predicted molar refractivity (Wildman–Crippen MR) is 116 cm³/mol. The second kappa shape index (κ2) is 11.1. The molecule has 0 bridgehead atoms. The molecule has 3 rings (SSSR count). The van der Waals surface area contributed by atoms with Crippen molar-refractivity contribution in [2.75, 3.05) is 6.61 Å². The van der Waals surface area contributed by atoms with Crippen LogP contribution >= 0.6 is 23.5 Å². The van der Waals surface area contributed by atoms with Gasteiger partial charge in [-0.25, -0.2) is 23.2 Å². The highest BCUT2D eigenvalue weighted by molar-refractivity contribution is 7.66. The van der Waals surface area contributed by atoms with Crippen LogP contribution in [-0.2, 0) is 38.1 Å². The normalized spacial score (nSPS) is 23.2. The Hall–Kier alpha value is -2.50. The number of nitrogens with zero attached hydrogens (tertiary/aromatic N) is 7. The Bertz CT molecular complexity index is 1460. The van der Waals surface area contributed by atoms with Gasteiger partial charge in [0, 0.05) is 23.1 Å². The van der Waals surface area contributed by atoms with Crippen molar-refractivity contribution in [2.24, 2.45) is 5.11 Å². The fourth-order valence-corrected chi connectivity index (χ4v) is 6.36. The average Bonchev–Trinajstić information content (AvgIpc) is 3.37. The predicted octanol–water partition coefficient (Wildman–Crippen LogP) is 0.119. The van der Waals surface area contributed by atoms with Gasteiger partial charge in [0.2, 0.25) is 0 Å². The third-order valence-electron chi connectivity index (χ3n) is 4.74. The zero-order chi connectivity index (χ0) is 27.6. The summed E-state index contributed by atoms with van der Waals surface area (Å²) in [6, 6.07) is -0.900. The first-order chi connectivity index (χ1) is 17.1. The van der Waals surface area contributed by atoms with E-state index in [4.69, 9.17) is 20.1 Å². The van der Waals surface area contributed by atoms with Gasteiger partial charge in [-0.3, -0.25) is 18.9 Å². The summed E-state index contributed by atoms with van der Waals surface area (Å²) in [5, 5.41) is 11.0. The molecule has 5 atom stereocenters. The lowest BCUT2D eigenvalue weighted by molar-refractivity contribution is -0.0320. The largest absolute Gasteiger partial charge is 0.490 e. The molecule has 1 aliphatic rings. The number of azide groups is 1. The van der Waals surface area contributed by atoms with E-state index in [-0.39, 0.29) is 24.2 Å². The van der Waals surface area contributed by atoms with E-state index in [0.29, 0.717) is 0 Å². The molecular weight excluding hydrogens is 569 g/mol. The van der Waals surface area contributed by atoms with Crippen LogP contribution in [0.5, 0.6) is 0 Å². The monoisotopic (exact) mass is 588 g/mol. The lowest BCUT2D eigenvalue weighted by Crippen LogP contribution is -2.33. The van der Waals surface area contributed by atoms with Crippen LogP contribution < -0.4 is 11.2 Å². The second-order valence-corrected chi connectivity index (χ2v) is 11.8. The van der Waals surface area contributed by atoms with Crippen molar-refractivity contribution in [3.05, 3.63) is 54.9 Å². The van der Waals surface area contributed by atoms with Crippen LogP contribution in [0.4, 0.5) is 0 Å². The second-order valence-electron chi connectivity index (χ2n) is 7.36. The fraction of sp³-hybridized carbons (Fsp3) is 0.538. The number of hydrogen-bond acceptors (Lipinski definition) is 12. The number of phosphoric acid groups is 3. The van der Waals surface area contributed by atoms with E-state index >= 15 is 0 Å². The summed E-state index contributed by atoms with van der Waals surface area (Å²) in [7, 11) is -16.8. The Labute approximate surface area is 204 Å². The van der Waals surface area contributed by atoms with Gasteiger partial charge in [-0.15, -0.1) is 5.10 Å². The van der Waals surface area contributed by atoms with Crippen LogP contribution in [0.2, 0.25) is 0 Å². The Balaban J connectivity index is 1.87. The highest BCUT2D eigenvalue weighted by atomic mass is 31.3. The fourth-order valence-electron chi connectivity index (χ4n) is 3.33. The first kappa shape index (κ1) is 29.1. The zero-order valence-corrected chi connectivity index (χ0v) is 21.1. The third kappa shape index (κ3) is 7.75. The van der Waals surface area contributed by atoms with E-state index in [0.717, 1.165) is 4.57 Å². The van der Waals surface area contributed by atoms with Crippen LogP contribution in [0.3, 0.4) is 0 Å². The number of ether oxygens (including phenoxy) is 1. The highest BCUT2D eigenvalue weighted by Crippen LogP contribution is 2.66. The van der Waals surface area contributed by atoms with Gasteiger partial charge in [0.25, 0.3) is 5.56 Å². The van der Waals surface area contributed by atoms with Gasteiger partial charge in [0.1, 0.15) is 12.3 Å². The number of aromatic nitrogens is 5. The molecule has 2 aromatic heterocycles. The maximum atomic E-state index is 12.3. The quantitative estimate of drug-likeness (QED) is 0.101. The molecule has 204 valence electrons. The summed E-state index contributed by atoms with van der Waals surface area (Å²) >= 11 is 0. The molecule has 0 radical (unpaired) electrons. The summed E-state index contributed by atoms with van der Waals surface area (Å²) in [4.78, 5) is 65.1. The highest BCUT2D eigenvalue weighted by Gasteiger charge is 2.44. The van der Waals surface area contributed by atoms with Crippen molar-refractivity contribution in [3.63, 3.8) is 0 Å². The van der Waals surface area contributed by atoms with Crippen LogP contribution in [0.15, 0.2) is 27.1 Å². The lowest BCUT2D eigenvalue weighted by atomic mass is 10.1.